The Morgan fingerprint density at radius 2 is 2.00 bits per heavy atom. The molecule has 3 aromatic rings. The number of anilines is 1. The van der Waals surface area contributed by atoms with Gasteiger partial charge in [-0.05, 0) is 18.2 Å². The first-order valence-electron chi connectivity index (χ1n) is 5.87. The second-order valence-corrected chi connectivity index (χ2v) is 4.38. The smallest absolute Gasteiger partial charge is 0.326 e. The Morgan fingerprint density at radius 3 is 2.75 bits per heavy atom. The molecular formula is C13H10N4O3. The highest BCUT2D eigenvalue weighted by molar-refractivity contribution is 5.95. The Hall–Kier alpha value is -2.96. The normalized spacial score (nSPS) is 10.8. The van der Waals surface area contributed by atoms with Crippen molar-refractivity contribution in [3.05, 3.63) is 45.1 Å². The average Bonchev–Trinajstić information content (AvgIpc) is 2.35. The minimum atomic E-state index is -0.604. The summed E-state index contributed by atoms with van der Waals surface area (Å²) in [6.45, 7) is 1.41. The van der Waals surface area contributed by atoms with E-state index in [-0.39, 0.29) is 11.6 Å². The fraction of sp³-hybridized carbons (Fsp3) is 0.0769. The van der Waals surface area contributed by atoms with Crippen molar-refractivity contribution in [1.82, 2.24) is 15.0 Å². The molecule has 1 amide bonds. The van der Waals surface area contributed by atoms with Crippen LogP contribution in [-0.2, 0) is 4.79 Å². The van der Waals surface area contributed by atoms with E-state index in [0.717, 1.165) is 5.39 Å². The number of H-pyrrole nitrogens is 2. The molecule has 0 fully saturated rings. The van der Waals surface area contributed by atoms with Gasteiger partial charge >= 0.3 is 5.69 Å². The van der Waals surface area contributed by atoms with Crippen molar-refractivity contribution in [3.8, 4) is 0 Å². The molecule has 2 heterocycles. The standard InChI is InChI=1S/C13H10N4O3/c1-6(18)14-8-3-2-7-4-9-11(15-10(7)5-8)16-13(20)17-12(9)19/h2-5H,1H3,(H,14,18)(H2,15,16,17,19,20). The first kappa shape index (κ1) is 12.1. The largest absolute Gasteiger partial charge is 0.327 e. The van der Waals surface area contributed by atoms with Crippen LogP contribution in [0.2, 0.25) is 0 Å². The second-order valence-electron chi connectivity index (χ2n) is 4.38. The highest BCUT2D eigenvalue weighted by Crippen LogP contribution is 2.19. The van der Waals surface area contributed by atoms with E-state index in [0.29, 0.717) is 16.6 Å². The molecule has 0 saturated carbocycles. The third kappa shape index (κ3) is 2.05. The molecule has 0 spiro atoms. The summed E-state index contributed by atoms with van der Waals surface area (Å²) in [6, 6.07) is 6.79. The van der Waals surface area contributed by atoms with Gasteiger partial charge in [0.15, 0.2) is 0 Å². The quantitative estimate of drug-likeness (QED) is 0.566. The van der Waals surface area contributed by atoms with Gasteiger partial charge < -0.3 is 5.32 Å². The van der Waals surface area contributed by atoms with E-state index < -0.39 is 11.2 Å². The van der Waals surface area contributed by atoms with Crippen LogP contribution in [-0.4, -0.2) is 20.9 Å². The third-order valence-corrected chi connectivity index (χ3v) is 2.84. The highest BCUT2D eigenvalue weighted by atomic mass is 16.2. The lowest BCUT2D eigenvalue weighted by Crippen LogP contribution is -2.22. The lowest BCUT2D eigenvalue weighted by Gasteiger charge is -2.04. The van der Waals surface area contributed by atoms with E-state index in [1.165, 1.54) is 6.92 Å². The average molecular weight is 270 g/mol. The van der Waals surface area contributed by atoms with Crippen molar-refractivity contribution in [1.29, 1.82) is 0 Å². The number of benzene rings is 1. The van der Waals surface area contributed by atoms with Gasteiger partial charge in [-0.2, -0.15) is 0 Å². The number of rotatable bonds is 1. The molecule has 2 aromatic heterocycles. The van der Waals surface area contributed by atoms with Gasteiger partial charge in [0.2, 0.25) is 5.91 Å². The van der Waals surface area contributed by atoms with Crippen LogP contribution in [0.1, 0.15) is 6.92 Å². The zero-order chi connectivity index (χ0) is 14.3. The number of aromatic nitrogens is 3. The maximum absolute atomic E-state index is 11.7. The molecule has 0 aliphatic heterocycles. The van der Waals surface area contributed by atoms with E-state index in [2.05, 4.69) is 20.3 Å². The van der Waals surface area contributed by atoms with Crippen LogP contribution < -0.4 is 16.6 Å². The topological polar surface area (TPSA) is 108 Å². The zero-order valence-corrected chi connectivity index (χ0v) is 10.5. The number of hydrogen-bond acceptors (Lipinski definition) is 4. The molecule has 7 nitrogen and oxygen atoms in total. The molecule has 20 heavy (non-hydrogen) atoms. The van der Waals surface area contributed by atoms with Crippen LogP contribution >= 0.6 is 0 Å². The number of amides is 1. The molecule has 7 heteroatoms. The molecule has 0 atom stereocenters. The molecule has 1 aromatic carbocycles. The molecular weight excluding hydrogens is 260 g/mol. The Kier molecular flexibility index (Phi) is 2.60. The lowest BCUT2D eigenvalue weighted by molar-refractivity contribution is -0.114. The maximum atomic E-state index is 11.7. The summed E-state index contributed by atoms with van der Waals surface area (Å²) in [5.74, 6) is -0.185. The van der Waals surface area contributed by atoms with Crippen LogP contribution in [0.5, 0.6) is 0 Å². The summed E-state index contributed by atoms with van der Waals surface area (Å²) < 4.78 is 0. The Bertz CT molecular complexity index is 955. The number of aromatic amines is 2. The van der Waals surface area contributed by atoms with Gasteiger partial charge in [-0.25, -0.2) is 9.78 Å². The van der Waals surface area contributed by atoms with Gasteiger partial charge in [0.05, 0.1) is 10.9 Å². The van der Waals surface area contributed by atoms with Crippen LogP contribution in [0.4, 0.5) is 5.69 Å². The van der Waals surface area contributed by atoms with Gasteiger partial charge in [-0.1, -0.05) is 6.07 Å². The number of pyridine rings is 1. The van der Waals surface area contributed by atoms with Crippen molar-refractivity contribution in [2.45, 2.75) is 6.92 Å². The molecule has 0 aliphatic carbocycles. The van der Waals surface area contributed by atoms with Crippen LogP contribution in [0.15, 0.2) is 33.9 Å². The molecule has 0 aliphatic rings. The number of fused-ring (bicyclic) bond motifs is 2. The third-order valence-electron chi connectivity index (χ3n) is 2.84. The summed E-state index contributed by atoms with van der Waals surface area (Å²) in [7, 11) is 0. The summed E-state index contributed by atoms with van der Waals surface area (Å²) in [5.41, 5.74) is 0.303. The number of carbonyl (C=O) groups excluding carboxylic acids is 1. The SMILES string of the molecule is CC(=O)Nc1ccc2cc3c(=O)[nH]c(=O)[nH]c3nc2c1. The fourth-order valence-corrected chi connectivity index (χ4v) is 2.03. The number of nitrogens with zero attached hydrogens (tertiary/aromatic N) is 1. The summed E-state index contributed by atoms with van der Waals surface area (Å²) in [5, 5.41) is 3.70. The van der Waals surface area contributed by atoms with Crippen molar-refractivity contribution >= 4 is 33.5 Å². The molecule has 3 N–H and O–H groups in total. The second kappa shape index (κ2) is 4.30. The van der Waals surface area contributed by atoms with Gasteiger partial charge in [-0.15, -0.1) is 0 Å². The van der Waals surface area contributed by atoms with Crippen molar-refractivity contribution in [2.75, 3.05) is 5.32 Å². The monoisotopic (exact) mass is 270 g/mol. The molecule has 100 valence electrons. The number of hydrogen-bond donors (Lipinski definition) is 3. The van der Waals surface area contributed by atoms with Crippen LogP contribution in [0.3, 0.4) is 0 Å². The van der Waals surface area contributed by atoms with E-state index in [1.807, 2.05) is 0 Å². The molecule has 3 rings (SSSR count). The Labute approximate surface area is 111 Å². The Balaban J connectivity index is 2.31. The molecule has 0 radical (unpaired) electrons. The van der Waals surface area contributed by atoms with Gasteiger partial charge in [0, 0.05) is 18.0 Å². The fourth-order valence-electron chi connectivity index (χ4n) is 2.03. The van der Waals surface area contributed by atoms with Crippen LogP contribution in [0.25, 0.3) is 21.9 Å². The minimum absolute atomic E-state index is 0.185. The number of nitrogens with one attached hydrogen (secondary N) is 3. The van der Waals surface area contributed by atoms with Crippen LogP contribution in [0, 0.1) is 0 Å². The molecule has 0 saturated heterocycles. The van der Waals surface area contributed by atoms with Crippen molar-refractivity contribution < 1.29 is 4.79 Å². The Morgan fingerprint density at radius 1 is 1.20 bits per heavy atom. The van der Waals surface area contributed by atoms with E-state index >= 15 is 0 Å². The zero-order valence-electron chi connectivity index (χ0n) is 10.5. The number of carbonyl (C=O) groups is 1. The van der Waals surface area contributed by atoms with E-state index in [1.54, 1.807) is 24.3 Å². The van der Waals surface area contributed by atoms with Crippen molar-refractivity contribution in [2.24, 2.45) is 0 Å². The lowest BCUT2D eigenvalue weighted by atomic mass is 10.1. The first-order chi connectivity index (χ1) is 9.52. The van der Waals surface area contributed by atoms with E-state index in [9.17, 15) is 14.4 Å². The van der Waals surface area contributed by atoms with Crippen molar-refractivity contribution in [3.63, 3.8) is 0 Å². The summed E-state index contributed by atoms with van der Waals surface area (Å²) >= 11 is 0. The predicted octanol–water partition coefficient (Wildman–Crippen LogP) is 0.723. The minimum Gasteiger partial charge on any atom is -0.326 e. The summed E-state index contributed by atoms with van der Waals surface area (Å²) in [6.07, 6.45) is 0. The predicted molar refractivity (Wildman–Crippen MR) is 74.8 cm³/mol. The highest BCUT2D eigenvalue weighted by Gasteiger charge is 2.06. The first-order valence-corrected chi connectivity index (χ1v) is 5.87. The van der Waals surface area contributed by atoms with Gasteiger partial charge in [0.25, 0.3) is 5.56 Å². The molecule has 0 bridgehead atoms. The summed E-state index contributed by atoms with van der Waals surface area (Å²) in [4.78, 5) is 42.8. The van der Waals surface area contributed by atoms with E-state index in [4.69, 9.17) is 0 Å². The maximum Gasteiger partial charge on any atom is 0.327 e. The van der Waals surface area contributed by atoms with Gasteiger partial charge in [-0.3, -0.25) is 19.6 Å². The molecule has 0 unspecified atom stereocenters. The van der Waals surface area contributed by atoms with Gasteiger partial charge in [0.1, 0.15) is 5.65 Å².